The second-order valence-electron chi connectivity index (χ2n) is 3.27. The second-order valence-corrected chi connectivity index (χ2v) is 3.66. The molecule has 0 spiro atoms. The lowest BCUT2D eigenvalue weighted by atomic mass is 10.0. The van der Waals surface area contributed by atoms with Crippen LogP contribution in [0.15, 0.2) is 12.1 Å². The summed E-state index contributed by atoms with van der Waals surface area (Å²) in [6.45, 7) is 0. The largest absolute Gasteiger partial charge is 0.481 e. The number of halogens is 1. The van der Waals surface area contributed by atoms with Crippen LogP contribution in [0.25, 0.3) is 0 Å². The van der Waals surface area contributed by atoms with Crippen molar-refractivity contribution in [3.8, 4) is 5.88 Å². The van der Waals surface area contributed by atoms with Gasteiger partial charge in [0.15, 0.2) is 0 Å². The number of methoxy groups -OCH3 is 1. The Morgan fingerprint density at radius 3 is 2.94 bits per heavy atom. The summed E-state index contributed by atoms with van der Waals surface area (Å²) in [5, 5.41) is 8.87. The van der Waals surface area contributed by atoms with Crippen LogP contribution < -0.4 is 10.5 Å². The van der Waals surface area contributed by atoms with Gasteiger partial charge in [-0.25, -0.2) is 4.98 Å². The Bertz CT molecular complexity index is 384. The maximum absolute atomic E-state index is 10.4. The van der Waals surface area contributed by atoms with E-state index in [1.54, 1.807) is 12.1 Å². The molecule has 0 aromatic carbocycles. The maximum Gasteiger partial charge on any atom is 0.303 e. The van der Waals surface area contributed by atoms with Gasteiger partial charge in [0.1, 0.15) is 5.15 Å². The molecular formula is C10H13ClN2O3. The molecule has 88 valence electrons. The number of nitrogens with zero attached hydrogens (tertiary/aromatic N) is 1. The summed E-state index contributed by atoms with van der Waals surface area (Å²) in [5.41, 5.74) is 6.50. The van der Waals surface area contributed by atoms with Crippen molar-refractivity contribution >= 4 is 17.6 Å². The molecule has 0 aliphatic heterocycles. The average Bonchev–Trinajstić information content (AvgIpc) is 2.25. The van der Waals surface area contributed by atoms with Crippen molar-refractivity contribution in [3.63, 3.8) is 0 Å². The van der Waals surface area contributed by atoms with E-state index >= 15 is 0 Å². The minimum absolute atomic E-state index is 0.00689. The first-order valence-corrected chi connectivity index (χ1v) is 5.10. The van der Waals surface area contributed by atoms with Crippen LogP contribution in [0.2, 0.25) is 5.15 Å². The van der Waals surface area contributed by atoms with E-state index in [1.165, 1.54) is 7.11 Å². The van der Waals surface area contributed by atoms with Crippen molar-refractivity contribution in [3.05, 3.63) is 22.8 Å². The summed E-state index contributed by atoms with van der Waals surface area (Å²) in [6.07, 6.45) is 0.335. The first-order valence-electron chi connectivity index (χ1n) is 4.72. The number of aliphatic carboxylic acids is 1. The summed E-state index contributed by atoms with van der Waals surface area (Å²) in [7, 11) is 1.46. The van der Waals surface area contributed by atoms with Crippen molar-refractivity contribution in [1.82, 2.24) is 4.98 Å². The van der Waals surface area contributed by atoms with E-state index in [9.17, 15) is 4.79 Å². The van der Waals surface area contributed by atoms with Gasteiger partial charge in [0.2, 0.25) is 5.88 Å². The fourth-order valence-electron chi connectivity index (χ4n) is 1.31. The summed E-state index contributed by atoms with van der Waals surface area (Å²) < 4.78 is 5.03. The predicted molar refractivity (Wildman–Crippen MR) is 59.6 cm³/mol. The van der Waals surface area contributed by atoms with Crippen LogP contribution in [0.5, 0.6) is 5.88 Å². The van der Waals surface area contributed by atoms with Crippen LogP contribution in [-0.4, -0.2) is 23.2 Å². The van der Waals surface area contributed by atoms with E-state index in [4.69, 9.17) is 27.2 Å². The molecule has 0 aliphatic rings. The number of carboxylic acids is 1. The normalized spacial score (nSPS) is 12.2. The summed E-state index contributed by atoms with van der Waals surface area (Å²) in [6, 6.07) is 2.87. The fraction of sp³-hybridized carbons (Fsp3) is 0.400. The average molecular weight is 245 g/mol. The topological polar surface area (TPSA) is 85.4 Å². The third kappa shape index (κ3) is 3.36. The standard InChI is InChI=1S/C10H13ClN2O3/c1-16-10-6(2-4-8(11)13-10)7(12)3-5-9(14)15/h2,4,7H,3,5,12H2,1H3,(H,14,15). The van der Waals surface area contributed by atoms with Gasteiger partial charge < -0.3 is 15.6 Å². The molecule has 1 rings (SSSR count). The number of hydrogen-bond acceptors (Lipinski definition) is 4. The summed E-state index contributed by atoms with van der Waals surface area (Å²) in [4.78, 5) is 14.4. The molecule has 1 aromatic heterocycles. The van der Waals surface area contributed by atoms with Crippen molar-refractivity contribution in [2.45, 2.75) is 18.9 Å². The molecule has 5 nitrogen and oxygen atoms in total. The zero-order valence-electron chi connectivity index (χ0n) is 8.81. The maximum atomic E-state index is 10.4. The van der Waals surface area contributed by atoms with Gasteiger partial charge in [-0.1, -0.05) is 11.6 Å². The summed E-state index contributed by atoms with van der Waals surface area (Å²) in [5.74, 6) is -0.540. The predicted octanol–water partition coefficient (Wildman–Crippen LogP) is 1.61. The molecule has 0 aliphatic carbocycles. The van der Waals surface area contributed by atoms with Gasteiger partial charge in [-0.2, -0.15) is 0 Å². The van der Waals surface area contributed by atoms with E-state index in [2.05, 4.69) is 4.98 Å². The van der Waals surface area contributed by atoms with Gasteiger partial charge in [-0.15, -0.1) is 0 Å². The Morgan fingerprint density at radius 1 is 1.69 bits per heavy atom. The zero-order chi connectivity index (χ0) is 12.1. The lowest BCUT2D eigenvalue weighted by molar-refractivity contribution is -0.137. The molecule has 0 saturated carbocycles. The van der Waals surface area contributed by atoms with E-state index in [1.807, 2.05) is 0 Å². The molecule has 1 aromatic rings. The van der Waals surface area contributed by atoms with E-state index in [0.717, 1.165) is 0 Å². The number of rotatable bonds is 5. The first kappa shape index (κ1) is 12.7. The first-order chi connectivity index (χ1) is 7.54. The SMILES string of the molecule is COc1nc(Cl)ccc1C(N)CCC(=O)O. The van der Waals surface area contributed by atoms with Crippen molar-refractivity contribution in [2.24, 2.45) is 5.73 Å². The van der Waals surface area contributed by atoms with Gasteiger partial charge >= 0.3 is 5.97 Å². The van der Waals surface area contributed by atoms with Gasteiger partial charge in [0, 0.05) is 18.0 Å². The molecule has 0 fully saturated rings. The number of ether oxygens (including phenoxy) is 1. The number of pyridine rings is 1. The van der Waals surface area contributed by atoms with Crippen LogP contribution in [0, 0.1) is 0 Å². The van der Waals surface area contributed by atoms with E-state index in [-0.39, 0.29) is 6.42 Å². The Labute approximate surface area is 98.2 Å². The Kier molecular flexibility index (Phi) is 4.52. The molecule has 16 heavy (non-hydrogen) atoms. The number of carbonyl (C=O) groups is 1. The molecule has 6 heteroatoms. The van der Waals surface area contributed by atoms with Crippen LogP contribution in [-0.2, 0) is 4.79 Å². The van der Waals surface area contributed by atoms with Gasteiger partial charge in [-0.3, -0.25) is 4.79 Å². The molecular weight excluding hydrogens is 232 g/mol. The second kappa shape index (κ2) is 5.67. The van der Waals surface area contributed by atoms with Crippen molar-refractivity contribution in [2.75, 3.05) is 7.11 Å². The number of nitrogens with two attached hydrogens (primary N) is 1. The quantitative estimate of drug-likeness (QED) is 0.769. The minimum atomic E-state index is -0.878. The van der Waals surface area contributed by atoms with Gasteiger partial charge in [-0.05, 0) is 18.6 Å². The van der Waals surface area contributed by atoms with Crippen molar-refractivity contribution in [1.29, 1.82) is 0 Å². The Hall–Kier alpha value is -1.33. The number of carboxylic acid groups (broad SMARTS) is 1. The molecule has 3 N–H and O–H groups in total. The van der Waals surface area contributed by atoms with E-state index < -0.39 is 12.0 Å². The smallest absolute Gasteiger partial charge is 0.303 e. The molecule has 0 radical (unpaired) electrons. The third-order valence-corrected chi connectivity index (χ3v) is 2.33. The highest BCUT2D eigenvalue weighted by molar-refractivity contribution is 6.29. The highest BCUT2D eigenvalue weighted by Crippen LogP contribution is 2.26. The van der Waals surface area contributed by atoms with Gasteiger partial charge in [0.05, 0.1) is 7.11 Å². The lowest BCUT2D eigenvalue weighted by Gasteiger charge is -2.13. The monoisotopic (exact) mass is 244 g/mol. The Morgan fingerprint density at radius 2 is 2.38 bits per heavy atom. The fourth-order valence-corrected chi connectivity index (χ4v) is 1.45. The van der Waals surface area contributed by atoms with Gasteiger partial charge in [0.25, 0.3) is 0 Å². The Balaban J connectivity index is 2.81. The molecule has 1 heterocycles. The molecule has 0 saturated heterocycles. The van der Waals surface area contributed by atoms with Crippen LogP contribution in [0.3, 0.4) is 0 Å². The van der Waals surface area contributed by atoms with E-state index in [0.29, 0.717) is 23.0 Å². The summed E-state index contributed by atoms with van der Waals surface area (Å²) >= 11 is 5.70. The highest BCUT2D eigenvalue weighted by Gasteiger charge is 2.14. The molecule has 0 bridgehead atoms. The lowest BCUT2D eigenvalue weighted by Crippen LogP contribution is -2.14. The molecule has 0 amide bonds. The molecule has 1 atom stereocenters. The van der Waals surface area contributed by atoms with Crippen LogP contribution in [0.4, 0.5) is 0 Å². The number of aromatic nitrogens is 1. The van der Waals surface area contributed by atoms with Crippen molar-refractivity contribution < 1.29 is 14.6 Å². The third-order valence-electron chi connectivity index (χ3n) is 2.12. The highest BCUT2D eigenvalue weighted by atomic mass is 35.5. The number of hydrogen-bond donors (Lipinski definition) is 2. The van der Waals surface area contributed by atoms with Crippen LogP contribution >= 0.6 is 11.6 Å². The zero-order valence-corrected chi connectivity index (χ0v) is 9.57. The minimum Gasteiger partial charge on any atom is -0.481 e. The van der Waals surface area contributed by atoms with Crippen LogP contribution in [0.1, 0.15) is 24.4 Å². The molecule has 1 unspecified atom stereocenters.